The second kappa shape index (κ2) is 5.96. The van der Waals surface area contributed by atoms with Crippen LogP contribution >= 0.6 is 0 Å². The van der Waals surface area contributed by atoms with E-state index < -0.39 is 23.6 Å². The normalized spacial score (nSPS) is 17.4. The van der Waals surface area contributed by atoms with Crippen LogP contribution < -0.4 is 4.74 Å². The van der Waals surface area contributed by atoms with Crippen molar-refractivity contribution in [3.8, 4) is 5.75 Å². The van der Waals surface area contributed by atoms with E-state index in [4.69, 9.17) is 14.2 Å². The number of hydrogen-bond donors (Lipinski definition) is 0. The standard InChI is InChI=1S/C16H21NO5/c1-16(2,3)22-15(19)17-13(9-20-4)11-7-6-10(21-5)8-12(11)14(17)18/h6-8,13H,9H2,1-5H3. The molecule has 1 heterocycles. The molecule has 0 spiro atoms. The Balaban J connectivity index is 2.39. The molecular formula is C16H21NO5. The molecule has 1 aromatic rings. The maximum Gasteiger partial charge on any atom is 0.417 e. The van der Waals surface area contributed by atoms with E-state index in [1.807, 2.05) is 0 Å². The van der Waals surface area contributed by atoms with E-state index in [1.165, 1.54) is 14.2 Å². The number of rotatable bonds is 3. The summed E-state index contributed by atoms with van der Waals surface area (Å²) in [5.41, 5.74) is 0.493. The Morgan fingerprint density at radius 3 is 2.50 bits per heavy atom. The summed E-state index contributed by atoms with van der Waals surface area (Å²) in [6.45, 7) is 5.48. The highest BCUT2D eigenvalue weighted by Gasteiger charge is 2.42. The molecule has 0 saturated carbocycles. The first-order valence-electron chi connectivity index (χ1n) is 7.02. The first-order valence-corrected chi connectivity index (χ1v) is 7.02. The number of ether oxygens (including phenoxy) is 3. The van der Waals surface area contributed by atoms with Crippen LogP contribution in [0.2, 0.25) is 0 Å². The van der Waals surface area contributed by atoms with Crippen molar-refractivity contribution in [2.45, 2.75) is 32.4 Å². The van der Waals surface area contributed by atoms with Crippen LogP contribution in [0.5, 0.6) is 5.75 Å². The lowest BCUT2D eigenvalue weighted by Gasteiger charge is -2.27. The van der Waals surface area contributed by atoms with Crippen molar-refractivity contribution in [3.63, 3.8) is 0 Å². The van der Waals surface area contributed by atoms with Crippen LogP contribution in [0, 0.1) is 0 Å². The molecule has 0 fully saturated rings. The Bertz CT molecular complexity index is 591. The lowest BCUT2D eigenvalue weighted by atomic mass is 10.0. The molecule has 2 rings (SSSR count). The molecule has 2 amide bonds. The van der Waals surface area contributed by atoms with Crippen LogP contribution in [-0.4, -0.2) is 43.3 Å². The molecule has 0 N–H and O–H groups in total. The smallest absolute Gasteiger partial charge is 0.417 e. The van der Waals surface area contributed by atoms with Crippen molar-refractivity contribution < 1.29 is 23.8 Å². The van der Waals surface area contributed by atoms with E-state index in [9.17, 15) is 9.59 Å². The van der Waals surface area contributed by atoms with E-state index >= 15 is 0 Å². The molecule has 0 bridgehead atoms. The number of nitrogens with zero attached hydrogens (tertiary/aromatic N) is 1. The Labute approximate surface area is 129 Å². The Morgan fingerprint density at radius 2 is 1.95 bits per heavy atom. The first kappa shape index (κ1) is 16.3. The first-order chi connectivity index (χ1) is 10.3. The molecule has 6 nitrogen and oxygen atoms in total. The fourth-order valence-corrected chi connectivity index (χ4v) is 2.39. The van der Waals surface area contributed by atoms with Gasteiger partial charge in [-0.25, -0.2) is 9.69 Å². The summed E-state index contributed by atoms with van der Waals surface area (Å²) in [5.74, 6) is 0.166. The van der Waals surface area contributed by atoms with Crippen LogP contribution in [0.1, 0.15) is 42.7 Å². The topological polar surface area (TPSA) is 65.1 Å². The zero-order valence-electron chi connectivity index (χ0n) is 13.5. The third-order valence-corrected chi connectivity index (χ3v) is 3.30. The van der Waals surface area contributed by atoms with E-state index in [0.717, 1.165) is 10.5 Å². The predicted octanol–water partition coefficient (Wildman–Crippen LogP) is 2.77. The van der Waals surface area contributed by atoms with E-state index in [-0.39, 0.29) is 6.61 Å². The van der Waals surface area contributed by atoms with Gasteiger partial charge >= 0.3 is 6.09 Å². The molecule has 22 heavy (non-hydrogen) atoms. The average Bonchev–Trinajstić information content (AvgIpc) is 2.70. The van der Waals surface area contributed by atoms with Gasteiger partial charge in [-0.2, -0.15) is 0 Å². The highest BCUT2D eigenvalue weighted by Crippen LogP contribution is 2.36. The molecule has 1 atom stereocenters. The largest absolute Gasteiger partial charge is 0.497 e. The van der Waals surface area contributed by atoms with Gasteiger partial charge in [0, 0.05) is 12.7 Å². The predicted molar refractivity (Wildman–Crippen MR) is 80.0 cm³/mol. The number of carbonyl (C=O) groups is 2. The zero-order chi connectivity index (χ0) is 16.5. The molecule has 0 aliphatic carbocycles. The van der Waals surface area contributed by atoms with Crippen LogP contribution in [0.15, 0.2) is 18.2 Å². The number of imide groups is 1. The molecule has 1 aromatic carbocycles. The summed E-state index contributed by atoms with van der Waals surface area (Å²) in [6.07, 6.45) is -0.672. The van der Waals surface area contributed by atoms with Crippen LogP contribution in [0.4, 0.5) is 4.79 Å². The summed E-state index contributed by atoms with van der Waals surface area (Å²) in [6, 6.07) is 4.67. The molecule has 120 valence electrons. The molecule has 1 aliphatic rings. The Hall–Kier alpha value is -2.08. The van der Waals surface area contributed by atoms with Crippen molar-refractivity contribution in [1.29, 1.82) is 0 Å². The number of benzene rings is 1. The van der Waals surface area contributed by atoms with Crippen molar-refractivity contribution >= 4 is 12.0 Å². The highest BCUT2D eigenvalue weighted by atomic mass is 16.6. The van der Waals surface area contributed by atoms with Gasteiger partial charge in [-0.1, -0.05) is 6.07 Å². The zero-order valence-corrected chi connectivity index (χ0v) is 13.5. The maximum absolute atomic E-state index is 12.6. The molecule has 0 aromatic heterocycles. The fourth-order valence-electron chi connectivity index (χ4n) is 2.39. The monoisotopic (exact) mass is 307 g/mol. The van der Waals surface area contributed by atoms with Gasteiger partial charge in [0.25, 0.3) is 5.91 Å². The second-order valence-corrected chi connectivity index (χ2v) is 6.08. The summed E-state index contributed by atoms with van der Waals surface area (Å²) >= 11 is 0. The molecule has 0 radical (unpaired) electrons. The highest BCUT2D eigenvalue weighted by molar-refractivity contribution is 6.07. The second-order valence-electron chi connectivity index (χ2n) is 6.08. The molecule has 6 heteroatoms. The maximum atomic E-state index is 12.6. The minimum Gasteiger partial charge on any atom is -0.497 e. The molecule has 0 saturated heterocycles. The number of hydrogen-bond acceptors (Lipinski definition) is 5. The minimum atomic E-state index is -0.679. The van der Waals surface area contributed by atoms with Crippen molar-refractivity contribution in [1.82, 2.24) is 4.90 Å². The van der Waals surface area contributed by atoms with Gasteiger partial charge < -0.3 is 14.2 Å². The Kier molecular flexibility index (Phi) is 4.42. The number of amides is 2. The van der Waals surface area contributed by atoms with Crippen LogP contribution in [0.3, 0.4) is 0 Å². The lowest BCUT2D eigenvalue weighted by Crippen LogP contribution is -2.40. The van der Waals surface area contributed by atoms with Crippen LogP contribution in [0.25, 0.3) is 0 Å². The van der Waals surface area contributed by atoms with E-state index in [1.54, 1.807) is 39.0 Å². The number of methoxy groups -OCH3 is 2. The molecular weight excluding hydrogens is 286 g/mol. The van der Waals surface area contributed by atoms with Crippen LogP contribution in [-0.2, 0) is 9.47 Å². The number of fused-ring (bicyclic) bond motifs is 1. The lowest BCUT2D eigenvalue weighted by molar-refractivity contribution is 0.0112. The number of carbonyl (C=O) groups excluding carboxylic acids is 2. The van der Waals surface area contributed by atoms with Gasteiger partial charge in [-0.15, -0.1) is 0 Å². The summed E-state index contributed by atoms with van der Waals surface area (Å²) in [7, 11) is 3.05. The van der Waals surface area contributed by atoms with Gasteiger partial charge in [0.1, 0.15) is 11.4 Å². The van der Waals surface area contributed by atoms with Crippen molar-refractivity contribution in [2.24, 2.45) is 0 Å². The SMILES string of the molecule is COCC1c2ccc(OC)cc2C(=O)N1C(=O)OC(C)(C)C. The quantitative estimate of drug-likeness (QED) is 0.859. The minimum absolute atomic E-state index is 0.213. The molecule has 1 unspecified atom stereocenters. The average molecular weight is 307 g/mol. The van der Waals surface area contributed by atoms with Gasteiger partial charge in [-0.3, -0.25) is 4.79 Å². The fraction of sp³-hybridized carbons (Fsp3) is 0.500. The molecule has 1 aliphatic heterocycles. The van der Waals surface area contributed by atoms with Gasteiger partial charge in [0.15, 0.2) is 0 Å². The third-order valence-electron chi connectivity index (χ3n) is 3.30. The van der Waals surface area contributed by atoms with Gasteiger partial charge in [0.2, 0.25) is 0 Å². The van der Waals surface area contributed by atoms with E-state index in [2.05, 4.69) is 0 Å². The Morgan fingerprint density at radius 1 is 1.27 bits per heavy atom. The van der Waals surface area contributed by atoms with Gasteiger partial charge in [-0.05, 0) is 38.5 Å². The summed E-state index contributed by atoms with van der Waals surface area (Å²) in [4.78, 5) is 26.1. The third kappa shape index (κ3) is 3.06. The van der Waals surface area contributed by atoms with E-state index in [0.29, 0.717) is 11.3 Å². The summed E-state index contributed by atoms with van der Waals surface area (Å²) in [5, 5.41) is 0. The summed E-state index contributed by atoms with van der Waals surface area (Å²) < 4.78 is 15.6. The van der Waals surface area contributed by atoms with Crippen molar-refractivity contribution in [2.75, 3.05) is 20.8 Å². The van der Waals surface area contributed by atoms with Crippen molar-refractivity contribution in [3.05, 3.63) is 29.3 Å². The van der Waals surface area contributed by atoms with Gasteiger partial charge in [0.05, 0.1) is 19.8 Å².